The van der Waals surface area contributed by atoms with Crippen molar-refractivity contribution in [2.75, 3.05) is 13.2 Å². The lowest BCUT2D eigenvalue weighted by Gasteiger charge is -2.08. The Balaban J connectivity index is 2.04. The van der Waals surface area contributed by atoms with Crippen molar-refractivity contribution in [3.05, 3.63) is 22.3 Å². The Morgan fingerprint density at radius 1 is 1.56 bits per heavy atom. The molecule has 98 valence electrons. The summed E-state index contributed by atoms with van der Waals surface area (Å²) in [6.45, 7) is 6.44. The SMILES string of the molecule is CC(C)COCCn1c(-c2cccs2)n[nH]c1=S. The number of thiophene rings is 1. The lowest BCUT2D eigenvalue weighted by atomic mass is 10.2. The first-order valence-electron chi connectivity index (χ1n) is 5.95. The second-order valence-electron chi connectivity index (χ2n) is 4.45. The van der Waals surface area contributed by atoms with Gasteiger partial charge < -0.3 is 4.74 Å². The maximum atomic E-state index is 5.59. The maximum absolute atomic E-state index is 5.59. The topological polar surface area (TPSA) is 42.8 Å². The van der Waals surface area contributed by atoms with Crippen molar-refractivity contribution in [3.63, 3.8) is 0 Å². The number of rotatable bonds is 6. The van der Waals surface area contributed by atoms with Gasteiger partial charge >= 0.3 is 0 Å². The molecule has 2 rings (SSSR count). The van der Waals surface area contributed by atoms with Crippen LogP contribution < -0.4 is 0 Å². The Morgan fingerprint density at radius 3 is 3.06 bits per heavy atom. The van der Waals surface area contributed by atoms with Crippen LogP contribution in [0, 0.1) is 10.7 Å². The highest BCUT2D eigenvalue weighted by molar-refractivity contribution is 7.71. The van der Waals surface area contributed by atoms with Gasteiger partial charge in [0, 0.05) is 6.61 Å². The fourth-order valence-corrected chi connectivity index (χ4v) is 2.54. The van der Waals surface area contributed by atoms with E-state index in [1.54, 1.807) is 11.3 Å². The zero-order chi connectivity index (χ0) is 13.0. The summed E-state index contributed by atoms with van der Waals surface area (Å²) < 4.78 is 8.22. The third-order valence-corrected chi connectivity index (χ3v) is 3.59. The maximum Gasteiger partial charge on any atom is 0.195 e. The summed E-state index contributed by atoms with van der Waals surface area (Å²) in [6, 6.07) is 4.05. The number of hydrogen-bond acceptors (Lipinski definition) is 4. The van der Waals surface area contributed by atoms with Gasteiger partial charge in [-0.3, -0.25) is 9.67 Å². The number of H-pyrrole nitrogens is 1. The predicted octanol–water partition coefficient (Wildman–Crippen LogP) is 3.34. The lowest BCUT2D eigenvalue weighted by Crippen LogP contribution is -2.10. The molecule has 2 aromatic rings. The van der Waals surface area contributed by atoms with E-state index in [2.05, 4.69) is 24.0 Å². The minimum atomic E-state index is 0.555. The van der Waals surface area contributed by atoms with Crippen molar-refractivity contribution < 1.29 is 4.74 Å². The molecule has 2 heterocycles. The van der Waals surface area contributed by atoms with E-state index in [1.807, 2.05) is 22.1 Å². The smallest absolute Gasteiger partial charge is 0.195 e. The Kier molecular flexibility index (Phi) is 4.68. The number of nitrogens with one attached hydrogen (secondary N) is 1. The van der Waals surface area contributed by atoms with Crippen LogP contribution in [0.4, 0.5) is 0 Å². The summed E-state index contributed by atoms with van der Waals surface area (Å²) >= 11 is 6.90. The summed E-state index contributed by atoms with van der Waals surface area (Å²) in [5, 5.41) is 9.15. The monoisotopic (exact) mass is 283 g/mol. The number of ether oxygens (including phenoxy) is 1. The quantitative estimate of drug-likeness (QED) is 0.653. The molecule has 0 saturated heterocycles. The molecule has 0 amide bonds. The molecule has 0 saturated carbocycles. The van der Waals surface area contributed by atoms with Crippen molar-refractivity contribution >= 4 is 23.6 Å². The largest absolute Gasteiger partial charge is 0.379 e. The summed E-state index contributed by atoms with van der Waals surface area (Å²) in [5.74, 6) is 1.45. The van der Waals surface area contributed by atoms with Crippen molar-refractivity contribution in [1.82, 2.24) is 14.8 Å². The minimum absolute atomic E-state index is 0.555. The van der Waals surface area contributed by atoms with Crippen molar-refractivity contribution in [3.8, 4) is 10.7 Å². The molecule has 0 aliphatic rings. The second-order valence-corrected chi connectivity index (χ2v) is 5.78. The average molecular weight is 283 g/mol. The van der Waals surface area contributed by atoms with Crippen LogP contribution >= 0.6 is 23.6 Å². The fraction of sp³-hybridized carbons (Fsp3) is 0.500. The molecule has 4 nitrogen and oxygen atoms in total. The molecule has 0 aromatic carbocycles. The third-order valence-electron chi connectivity index (χ3n) is 2.41. The first kappa shape index (κ1) is 13.5. The Morgan fingerprint density at radius 2 is 2.39 bits per heavy atom. The van der Waals surface area contributed by atoms with Gasteiger partial charge in [-0.05, 0) is 29.6 Å². The van der Waals surface area contributed by atoms with Crippen LogP contribution in [-0.4, -0.2) is 28.0 Å². The van der Waals surface area contributed by atoms with Crippen molar-refractivity contribution in [2.45, 2.75) is 20.4 Å². The van der Waals surface area contributed by atoms with Crippen LogP contribution in [-0.2, 0) is 11.3 Å². The molecule has 0 bridgehead atoms. The van der Waals surface area contributed by atoms with E-state index in [4.69, 9.17) is 17.0 Å². The van der Waals surface area contributed by atoms with Crippen LogP contribution in [0.2, 0.25) is 0 Å². The number of aromatic nitrogens is 3. The summed E-state index contributed by atoms with van der Waals surface area (Å²) in [4.78, 5) is 1.12. The van der Waals surface area contributed by atoms with Crippen molar-refractivity contribution in [2.24, 2.45) is 5.92 Å². The molecule has 1 N–H and O–H groups in total. The van der Waals surface area contributed by atoms with Gasteiger partial charge in [0.1, 0.15) is 0 Å². The summed E-state index contributed by atoms with van der Waals surface area (Å²) in [5.41, 5.74) is 0. The molecule has 18 heavy (non-hydrogen) atoms. The normalized spacial score (nSPS) is 11.3. The molecule has 0 aliphatic heterocycles. The Hall–Kier alpha value is -0.980. The van der Waals surface area contributed by atoms with Gasteiger partial charge in [-0.25, -0.2) is 0 Å². The van der Waals surface area contributed by atoms with Gasteiger partial charge in [0.2, 0.25) is 0 Å². The van der Waals surface area contributed by atoms with Crippen LogP contribution in [0.1, 0.15) is 13.8 Å². The Labute approximate surface area is 116 Å². The summed E-state index contributed by atoms with van der Waals surface area (Å²) in [6.07, 6.45) is 0. The molecular formula is C12H17N3OS2. The van der Waals surface area contributed by atoms with E-state index in [0.29, 0.717) is 17.3 Å². The zero-order valence-corrected chi connectivity index (χ0v) is 12.2. The van der Waals surface area contributed by atoms with E-state index in [0.717, 1.165) is 23.9 Å². The standard InChI is InChI=1S/C12H17N3OS2/c1-9(2)8-16-6-5-15-11(13-14-12(15)17)10-4-3-7-18-10/h3-4,7,9H,5-6,8H2,1-2H3,(H,14,17). The molecule has 0 unspecified atom stereocenters. The van der Waals surface area contributed by atoms with Gasteiger partial charge in [-0.1, -0.05) is 19.9 Å². The molecule has 0 fully saturated rings. The van der Waals surface area contributed by atoms with Gasteiger partial charge in [0.25, 0.3) is 0 Å². The molecular weight excluding hydrogens is 266 g/mol. The average Bonchev–Trinajstić information content (AvgIpc) is 2.94. The van der Waals surface area contributed by atoms with E-state index in [9.17, 15) is 0 Å². The Bertz CT molecular complexity index is 528. The third kappa shape index (κ3) is 3.28. The highest BCUT2D eigenvalue weighted by Crippen LogP contribution is 2.22. The first-order valence-corrected chi connectivity index (χ1v) is 7.24. The molecule has 0 atom stereocenters. The highest BCUT2D eigenvalue weighted by atomic mass is 32.1. The van der Waals surface area contributed by atoms with E-state index in [-0.39, 0.29) is 0 Å². The van der Waals surface area contributed by atoms with Gasteiger partial charge in [-0.15, -0.1) is 11.3 Å². The molecule has 6 heteroatoms. The number of aromatic amines is 1. The number of hydrogen-bond donors (Lipinski definition) is 1. The number of nitrogens with zero attached hydrogens (tertiary/aromatic N) is 2. The summed E-state index contributed by atoms with van der Waals surface area (Å²) in [7, 11) is 0. The van der Waals surface area contributed by atoms with Crippen LogP contribution in [0.15, 0.2) is 17.5 Å². The van der Waals surface area contributed by atoms with Crippen LogP contribution in [0.25, 0.3) is 10.7 Å². The van der Waals surface area contributed by atoms with Gasteiger partial charge in [0.15, 0.2) is 10.6 Å². The first-order chi connectivity index (χ1) is 8.68. The van der Waals surface area contributed by atoms with E-state index < -0.39 is 0 Å². The van der Waals surface area contributed by atoms with E-state index >= 15 is 0 Å². The zero-order valence-electron chi connectivity index (χ0n) is 10.5. The van der Waals surface area contributed by atoms with Gasteiger partial charge in [-0.2, -0.15) is 5.10 Å². The minimum Gasteiger partial charge on any atom is -0.379 e. The fourth-order valence-electron chi connectivity index (χ4n) is 1.59. The highest BCUT2D eigenvalue weighted by Gasteiger charge is 2.09. The van der Waals surface area contributed by atoms with Crippen LogP contribution in [0.3, 0.4) is 0 Å². The molecule has 2 aromatic heterocycles. The molecule has 0 aliphatic carbocycles. The lowest BCUT2D eigenvalue weighted by molar-refractivity contribution is 0.103. The van der Waals surface area contributed by atoms with Crippen molar-refractivity contribution in [1.29, 1.82) is 0 Å². The van der Waals surface area contributed by atoms with Gasteiger partial charge in [0.05, 0.1) is 18.0 Å². The molecule has 0 radical (unpaired) electrons. The van der Waals surface area contributed by atoms with E-state index in [1.165, 1.54) is 0 Å². The second kappa shape index (κ2) is 6.26. The predicted molar refractivity (Wildman–Crippen MR) is 76.4 cm³/mol. The molecule has 0 spiro atoms. The van der Waals surface area contributed by atoms with Crippen LogP contribution in [0.5, 0.6) is 0 Å².